The number of halogens is 4. The van der Waals surface area contributed by atoms with Crippen LogP contribution in [0.4, 0.5) is 0 Å². The molecule has 1 aliphatic rings. The summed E-state index contributed by atoms with van der Waals surface area (Å²) in [7, 11) is 0.881. The first-order valence-electron chi connectivity index (χ1n) is 3.25. The number of hydrogen-bond acceptors (Lipinski definition) is 3. The zero-order valence-electron chi connectivity index (χ0n) is 6.56. The fourth-order valence-electron chi connectivity index (χ4n) is 0.859. The SMILES string of the molecule is CN1B(Cl)NB(Cl)N(C)[Si]1(Cl)Cl. The van der Waals surface area contributed by atoms with Crippen LogP contribution in [0.2, 0.25) is 0 Å². The maximum absolute atomic E-state index is 6.11. The highest BCUT2D eigenvalue weighted by molar-refractivity contribution is 7.48. The molecule has 0 aromatic heterocycles. The van der Waals surface area contributed by atoms with Crippen LogP contribution in [0.15, 0.2) is 0 Å². The van der Waals surface area contributed by atoms with Crippen LogP contribution in [0, 0.1) is 0 Å². The largest absolute Gasteiger partial charge is 0.403 e. The van der Waals surface area contributed by atoms with E-state index in [1.807, 2.05) is 0 Å². The van der Waals surface area contributed by atoms with Crippen molar-refractivity contribution >= 4 is 64.9 Å². The van der Waals surface area contributed by atoms with Crippen LogP contribution in [0.25, 0.3) is 0 Å². The quantitative estimate of drug-likeness (QED) is 0.516. The second kappa shape index (κ2) is 3.86. The van der Waals surface area contributed by atoms with Gasteiger partial charge in [0.15, 0.2) is 0 Å². The lowest BCUT2D eigenvalue weighted by molar-refractivity contribution is 0.659. The molecule has 1 aliphatic heterocycles. The van der Waals surface area contributed by atoms with Gasteiger partial charge in [-0.1, -0.05) is 0 Å². The molecule has 12 heavy (non-hydrogen) atoms. The average molecular weight is 265 g/mol. The smallest absolute Gasteiger partial charge is 0.342 e. The molecule has 0 atom stereocenters. The second-order valence-electron chi connectivity index (χ2n) is 2.57. The molecule has 0 amide bonds. The van der Waals surface area contributed by atoms with E-state index in [1.165, 1.54) is 0 Å². The first-order valence-corrected chi connectivity index (χ1v) is 8.04. The molecule has 1 heterocycles. The topological polar surface area (TPSA) is 18.5 Å². The van der Waals surface area contributed by atoms with Gasteiger partial charge in [0.05, 0.1) is 0 Å². The maximum atomic E-state index is 6.11. The van der Waals surface area contributed by atoms with E-state index in [9.17, 15) is 0 Å². The van der Waals surface area contributed by atoms with Crippen molar-refractivity contribution in [2.45, 2.75) is 0 Å². The lowest BCUT2D eigenvalue weighted by Crippen LogP contribution is -2.75. The highest BCUT2D eigenvalue weighted by Gasteiger charge is 2.52. The Labute approximate surface area is 92.9 Å². The minimum Gasteiger partial charge on any atom is -0.342 e. The standard InChI is InChI=1S/C2H7B2Cl4N3Si/c1-10-3(5)9-4(6)11(2)12(10,7)8/h9H,1-2H3. The molecule has 0 radical (unpaired) electrons. The molecule has 0 aliphatic carbocycles. The number of hydrogen-bond donors (Lipinski definition) is 1. The summed E-state index contributed by atoms with van der Waals surface area (Å²) in [6.45, 7) is 0. The van der Waals surface area contributed by atoms with Crippen LogP contribution in [-0.4, -0.2) is 42.9 Å². The van der Waals surface area contributed by atoms with Crippen molar-refractivity contribution in [3.05, 3.63) is 0 Å². The maximum Gasteiger partial charge on any atom is 0.403 e. The predicted octanol–water partition coefficient (Wildman–Crippen LogP) is 0.814. The molecule has 1 rings (SSSR count). The van der Waals surface area contributed by atoms with Crippen LogP contribution >= 0.6 is 45.1 Å². The highest BCUT2D eigenvalue weighted by atomic mass is 35.7. The van der Waals surface area contributed by atoms with Gasteiger partial charge in [-0.3, -0.25) is 0 Å². The molecule has 1 fully saturated rings. The van der Waals surface area contributed by atoms with Crippen molar-refractivity contribution in [1.29, 1.82) is 0 Å². The molecule has 0 bridgehead atoms. The van der Waals surface area contributed by atoms with Gasteiger partial charge in [0.25, 0.3) is 0 Å². The van der Waals surface area contributed by atoms with Crippen molar-refractivity contribution < 1.29 is 0 Å². The molecule has 68 valence electrons. The molecule has 1 N–H and O–H groups in total. The number of nitrogens with one attached hydrogen (secondary N) is 1. The molecule has 0 unspecified atom stereocenters. The summed E-state index contributed by atoms with van der Waals surface area (Å²) >= 11 is 24.0. The third kappa shape index (κ3) is 1.91. The van der Waals surface area contributed by atoms with Crippen molar-refractivity contribution in [2.75, 3.05) is 14.1 Å². The fraction of sp³-hybridized carbons (Fsp3) is 1.00. The lowest BCUT2D eigenvalue weighted by Gasteiger charge is -2.43. The van der Waals surface area contributed by atoms with E-state index in [0.717, 1.165) is 0 Å². The molecular formula is C2H7B2Cl4N3Si. The van der Waals surface area contributed by atoms with Crippen LogP contribution < -0.4 is 5.14 Å². The zero-order valence-corrected chi connectivity index (χ0v) is 10.6. The van der Waals surface area contributed by atoms with Gasteiger partial charge in [0.1, 0.15) is 0 Å². The van der Waals surface area contributed by atoms with Gasteiger partial charge in [0, 0.05) is 0 Å². The molecule has 10 heteroatoms. The Morgan fingerprint density at radius 1 is 1.08 bits per heavy atom. The highest BCUT2D eigenvalue weighted by Crippen LogP contribution is 2.28. The Hall–Kier alpha value is 1.39. The minimum absolute atomic E-state index is 0.412. The summed E-state index contributed by atoms with van der Waals surface area (Å²) in [6, 6.07) is 0. The van der Waals surface area contributed by atoms with Crippen LogP contribution in [0.1, 0.15) is 0 Å². The number of nitrogens with zero attached hydrogens (tertiary/aromatic N) is 2. The van der Waals surface area contributed by atoms with E-state index in [-0.39, 0.29) is 0 Å². The van der Waals surface area contributed by atoms with Gasteiger partial charge in [-0.05, 0) is 14.1 Å². The summed E-state index contributed by atoms with van der Waals surface area (Å²) in [5.74, 6) is 0. The first-order chi connectivity index (χ1) is 5.37. The van der Waals surface area contributed by atoms with E-state index in [2.05, 4.69) is 5.14 Å². The summed E-state index contributed by atoms with van der Waals surface area (Å²) in [5.41, 5.74) is 0. The van der Waals surface area contributed by atoms with Crippen LogP contribution in [-0.2, 0) is 0 Å². The molecule has 0 saturated carbocycles. The van der Waals surface area contributed by atoms with Crippen molar-refractivity contribution in [1.82, 2.24) is 14.1 Å². The van der Waals surface area contributed by atoms with Gasteiger partial charge in [-0.15, -0.1) is 22.2 Å². The normalized spacial score (nSPS) is 26.5. The Morgan fingerprint density at radius 2 is 1.42 bits per heavy atom. The van der Waals surface area contributed by atoms with Gasteiger partial charge in [-0.25, -0.2) is 0 Å². The molecule has 0 aromatic carbocycles. The van der Waals surface area contributed by atoms with E-state index in [4.69, 9.17) is 45.1 Å². The molecule has 3 nitrogen and oxygen atoms in total. The van der Waals surface area contributed by atoms with Crippen molar-refractivity contribution in [3.8, 4) is 0 Å². The Kier molecular flexibility index (Phi) is 3.69. The zero-order chi connectivity index (χ0) is 9.52. The Balaban J connectivity index is 2.82. The van der Waals surface area contributed by atoms with Gasteiger partial charge >= 0.3 is 19.8 Å². The van der Waals surface area contributed by atoms with Crippen molar-refractivity contribution in [2.24, 2.45) is 0 Å². The Bertz CT molecular complexity index is 168. The summed E-state index contributed by atoms with van der Waals surface area (Å²) in [5, 5.41) is 2.88. The average Bonchev–Trinajstić information content (AvgIpc) is 1.99. The lowest BCUT2D eigenvalue weighted by atomic mass is 9.98. The minimum atomic E-state index is -2.64. The summed E-state index contributed by atoms with van der Waals surface area (Å²) < 4.78 is 3.38. The van der Waals surface area contributed by atoms with Gasteiger partial charge in [-0.2, -0.15) is 22.9 Å². The van der Waals surface area contributed by atoms with E-state index in [1.54, 1.807) is 23.0 Å². The van der Waals surface area contributed by atoms with Crippen LogP contribution in [0.5, 0.6) is 0 Å². The van der Waals surface area contributed by atoms with E-state index >= 15 is 0 Å². The third-order valence-electron chi connectivity index (χ3n) is 1.80. The van der Waals surface area contributed by atoms with Crippen LogP contribution in [0.3, 0.4) is 0 Å². The summed E-state index contributed by atoms with van der Waals surface area (Å²) in [4.78, 5) is 0. The monoisotopic (exact) mass is 263 g/mol. The van der Waals surface area contributed by atoms with Gasteiger partial charge in [0.2, 0.25) is 0 Å². The van der Waals surface area contributed by atoms with Crippen molar-refractivity contribution in [3.63, 3.8) is 0 Å². The second-order valence-corrected chi connectivity index (χ2v) is 9.57. The molecular weight excluding hydrogens is 258 g/mol. The first kappa shape index (κ1) is 11.5. The number of rotatable bonds is 0. The van der Waals surface area contributed by atoms with E-state index in [0.29, 0.717) is 0 Å². The van der Waals surface area contributed by atoms with E-state index < -0.39 is 19.8 Å². The van der Waals surface area contributed by atoms with Gasteiger partial charge < -0.3 is 14.1 Å². The Morgan fingerprint density at radius 3 is 1.75 bits per heavy atom. The fourth-order valence-corrected chi connectivity index (χ4v) is 4.97. The predicted molar refractivity (Wildman–Crippen MR) is 59.3 cm³/mol. The molecule has 0 spiro atoms. The summed E-state index contributed by atoms with van der Waals surface area (Å²) in [6.07, 6.45) is -0.823. The molecule has 0 aromatic rings. The molecule has 1 saturated heterocycles. The third-order valence-corrected chi connectivity index (χ3v) is 8.38.